The van der Waals surface area contributed by atoms with E-state index in [0.717, 1.165) is 17.3 Å². The molecule has 2 nitrogen and oxygen atoms in total. The van der Waals surface area contributed by atoms with E-state index < -0.39 is 0 Å². The van der Waals surface area contributed by atoms with Gasteiger partial charge in [0.1, 0.15) is 0 Å². The highest BCUT2D eigenvalue weighted by molar-refractivity contribution is 9.10. The fraction of sp³-hybridized carbons (Fsp3) is 0.455. The summed E-state index contributed by atoms with van der Waals surface area (Å²) in [6, 6.07) is 3.43. The molecule has 0 bridgehead atoms. The molecule has 1 fully saturated rings. The summed E-state index contributed by atoms with van der Waals surface area (Å²) in [6.45, 7) is 0.482. The largest absolute Gasteiger partial charge is 0.494 e. The Balaban J connectivity index is 2.54. The third-order valence-electron chi connectivity index (χ3n) is 3.05. The van der Waals surface area contributed by atoms with Crippen LogP contribution in [0.4, 0.5) is 4.39 Å². The number of nitrogens with two attached hydrogens (primary N) is 1. The lowest BCUT2D eigenvalue weighted by atomic mass is 9.95. The van der Waals surface area contributed by atoms with E-state index in [1.54, 1.807) is 6.07 Å². The van der Waals surface area contributed by atoms with E-state index in [4.69, 9.17) is 10.5 Å². The fourth-order valence-corrected chi connectivity index (χ4v) is 2.61. The first-order valence-electron chi connectivity index (χ1n) is 4.87. The lowest BCUT2D eigenvalue weighted by Crippen LogP contribution is -2.22. The second-order valence-corrected chi connectivity index (χ2v) is 4.78. The molecule has 1 saturated carbocycles. The van der Waals surface area contributed by atoms with Crippen molar-refractivity contribution in [3.05, 3.63) is 28.0 Å². The van der Waals surface area contributed by atoms with Crippen molar-refractivity contribution in [1.82, 2.24) is 0 Å². The van der Waals surface area contributed by atoms with Gasteiger partial charge in [-0.15, -0.1) is 0 Å². The SMILES string of the molecule is COc1ccc(Br)c(C2(CN)CC2)c1F. The van der Waals surface area contributed by atoms with Crippen LogP contribution in [0.15, 0.2) is 16.6 Å². The van der Waals surface area contributed by atoms with Crippen molar-refractivity contribution >= 4 is 15.9 Å². The van der Waals surface area contributed by atoms with Gasteiger partial charge in [-0.1, -0.05) is 15.9 Å². The van der Waals surface area contributed by atoms with Gasteiger partial charge >= 0.3 is 0 Å². The molecule has 0 saturated heterocycles. The lowest BCUT2D eigenvalue weighted by Gasteiger charge is -2.17. The fourth-order valence-electron chi connectivity index (χ4n) is 1.88. The molecular formula is C11H13BrFNO. The van der Waals surface area contributed by atoms with Gasteiger partial charge in [0.2, 0.25) is 0 Å². The molecule has 0 amide bonds. The van der Waals surface area contributed by atoms with E-state index >= 15 is 0 Å². The maximum absolute atomic E-state index is 14.0. The van der Waals surface area contributed by atoms with E-state index in [2.05, 4.69) is 15.9 Å². The molecule has 0 atom stereocenters. The summed E-state index contributed by atoms with van der Waals surface area (Å²) in [7, 11) is 1.47. The van der Waals surface area contributed by atoms with Crippen LogP contribution >= 0.6 is 15.9 Å². The summed E-state index contributed by atoms with van der Waals surface area (Å²) in [5, 5.41) is 0. The van der Waals surface area contributed by atoms with Crippen LogP contribution in [0.2, 0.25) is 0 Å². The predicted molar refractivity (Wildman–Crippen MR) is 60.6 cm³/mol. The Bertz CT molecular complexity index is 390. The van der Waals surface area contributed by atoms with Gasteiger partial charge in [0.05, 0.1) is 7.11 Å². The summed E-state index contributed by atoms with van der Waals surface area (Å²) < 4.78 is 19.8. The molecule has 0 aromatic heterocycles. The summed E-state index contributed by atoms with van der Waals surface area (Å²) in [5.41, 5.74) is 6.20. The molecule has 1 aromatic rings. The number of benzene rings is 1. The third-order valence-corrected chi connectivity index (χ3v) is 3.71. The van der Waals surface area contributed by atoms with Gasteiger partial charge < -0.3 is 10.5 Å². The van der Waals surface area contributed by atoms with Crippen LogP contribution in [0.1, 0.15) is 18.4 Å². The normalized spacial score (nSPS) is 17.6. The summed E-state index contributed by atoms with van der Waals surface area (Å²) in [4.78, 5) is 0. The topological polar surface area (TPSA) is 35.2 Å². The maximum atomic E-state index is 14.0. The van der Waals surface area contributed by atoms with Crippen molar-refractivity contribution in [2.24, 2.45) is 5.73 Å². The Kier molecular flexibility index (Phi) is 2.73. The summed E-state index contributed by atoms with van der Waals surface area (Å²) >= 11 is 3.38. The number of rotatable bonds is 3. The van der Waals surface area contributed by atoms with Gasteiger partial charge in [0.25, 0.3) is 0 Å². The standard InChI is InChI=1S/C11H13BrFNO/c1-15-8-3-2-7(12)9(10(8)13)11(6-14)4-5-11/h2-3H,4-6,14H2,1H3. The van der Waals surface area contributed by atoms with Crippen LogP contribution in [0, 0.1) is 5.82 Å². The highest BCUT2D eigenvalue weighted by Gasteiger charge is 2.46. The van der Waals surface area contributed by atoms with Crippen LogP contribution in [-0.4, -0.2) is 13.7 Å². The molecule has 4 heteroatoms. The third kappa shape index (κ3) is 1.66. The molecule has 1 aliphatic rings. The zero-order chi connectivity index (χ0) is 11.1. The molecule has 1 aromatic carbocycles. The quantitative estimate of drug-likeness (QED) is 0.919. The number of hydrogen-bond donors (Lipinski definition) is 1. The maximum Gasteiger partial charge on any atom is 0.169 e. The van der Waals surface area contributed by atoms with Crippen LogP contribution in [0.3, 0.4) is 0 Å². The molecular weight excluding hydrogens is 261 g/mol. The zero-order valence-corrected chi connectivity index (χ0v) is 10.1. The Morgan fingerprint density at radius 2 is 2.20 bits per heavy atom. The van der Waals surface area contributed by atoms with Crippen LogP contribution in [0.25, 0.3) is 0 Å². The average Bonchev–Trinajstić information content (AvgIpc) is 2.99. The minimum Gasteiger partial charge on any atom is -0.494 e. The first-order chi connectivity index (χ1) is 7.14. The van der Waals surface area contributed by atoms with Crippen molar-refractivity contribution in [2.45, 2.75) is 18.3 Å². The molecule has 2 rings (SSSR count). The summed E-state index contributed by atoms with van der Waals surface area (Å²) in [5.74, 6) is 0.00255. The second kappa shape index (κ2) is 3.76. The van der Waals surface area contributed by atoms with E-state index in [-0.39, 0.29) is 17.0 Å². The number of halogens is 2. The second-order valence-electron chi connectivity index (χ2n) is 3.92. The molecule has 2 N–H and O–H groups in total. The van der Waals surface area contributed by atoms with Gasteiger partial charge in [0.15, 0.2) is 11.6 Å². The molecule has 0 aliphatic heterocycles. The van der Waals surface area contributed by atoms with Crippen molar-refractivity contribution in [2.75, 3.05) is 13.7 Å². The van der Waals surface area contributed by atoms with Gasteiger partial charge in [-0.05, 0) is 25.0 Å². The van der Waals surface area contributed by atoms with Gasteiger partial charge in [-0.25, -0.2) is 4.39 Å². The van der Waals surface area contributed by atoms with Crippen LogP contribution in [-0.2, 0) is 5.41 Å². The Morgan fingerprint density at radius 1 is 1.53 bits per heavy atom. The van der Waals surface area contributed by atoms with Gasteiger partial charge in [-0.3, -0.25) is 0 Å². The molecule has 82 valence electrons. The van der Waals surface area contributed by atoms with E-state index in [9.17, 15) is 4.39 Å². The minimum absolute atomic E-state index is 0.169. The van der Waals surface area contributed by atoms with Crippen molar-refractivity contribution < 1.29 is 9.13 Å². The van der Waals surface area contributed by atoms with Crippen LogP contribution in [0.5, 0.6) is 5.75 Å². The van der Waals surface area contributed by atoms with E-state index in [1.807, 2.05) is 6.07 Å². The summed E-state index contributed by atoms with van der Waals surface area (Å²) in [6.07, 6.45) is 1.90. The molecule has 0 spiro atoms. The molecule has 0 heterocycles. The average molecular weight is 274 g/mol. The lowest BCUT2D eigenvalue weighted by molar-refractivity contribution is 0.381. The monoisotopic (exact) mass is 273 g/mol. The minimum atomic E-state index is -0.283. The van der Waals surface area contributed by atoms with Gasteiger partial charge in [-0.2, -0.15) is 0 Å². The number of methoxy groups -OCH3 is 1. The highest BCUT2D eigenvalue weighted by atomic mass is 79.9. The zero-order valence-electron chi connectivity index (χ0n) is 8.52. The number of hydrogen-bond acceptors (Lipinski definition) is 2. The van der Waals surface area contributed by atoms with E-state index in [0.29, 0.717) is 12.1 Å². The van der Waals surface area contributed by atoms with Gasteiger partial charge in [0, 0.05) is 22.0 Å². The first-order valence-corrected chi connectivity index (χ1v) is 5.66. The van der Waals surface area contributed by atoms with E-state index in [1.165, 1.54) is 7.11 Å². The first kappa shape index (κ1) is 10.9. The van der Waals surface area contributed by atoms with Crippen LogP contribution < -0.4 is 10.5 Å². The Labute approximate surface area is 96.7 Å². The van der Waals surface area contributed by atoms with Crippen molar-refractivity contribution in [3.63, 3.8) is 0 Å². The van der Waals surface area contributed by atoms with Crippen molar-refractivity contribution in [3.8, 4) is 5.75 Å². The smallest absolute Gasteiger partial charge is 0.169 e. The molecule has 0 radical (unpaired) electrons. The molecule has 15 heavy (non-hydrogen) atoms. The molecule has 0 unspecified atom stereocenters. The number of ether oxygens (including phenoxy) is 1. The Morgan fingerprint density at radius 3 is 2.67 bits per heavy atom. The molecule has 1 aliphatic carbocycles. The highest BCUT2D eigenvalue weighted by Crippen LogP contribution is 2.51. The predicted octanol–water partition coefficient (Wildman–Crippen LogP) is 2.59. The Hall–Kier alpha value is -0.610. The van der Waals surface area contributed by atoms with Crippen molar-refractivity contribution in [1.29, 1.82) is 0 Å².